The largest absolute Gasteiger partial charge is 0.472 e. The summed E-state index contributed by atoms with van der Waals surface area (Å²) >= 11 is 0. The van der Waals surface area contributed by atoms with Gasteiger partial charge in [0.2, 0.25) is 0 Å². The number of hydrogen-bond donors (Lipinski definition) is 3. The highest BCUT2D eigenvalue weighted by Gasteiger charge is 2.30. The third-order valence-corrected chi connectivity index (χ3v) is 19.0. The molecule has 0 saturated heterocycles. The molecule has 0 amide bonds. The number of aliphatic hydroxyl groups excluding tert-OH is 1. The zero-order chi connectivity index (χ0) is 67.2. The van der Waals surface area contributed by atoms with E-state index in [2.05, 4.69) is 41.5 Å². The molecule has 0 bridgehead atoms. The van der Waals surface area contributed by atoms with Gasteiger partial charge in [0.1, 0.15) is 19.3 Å². The molecule has 0 aliphatic carbocycles. The Bertz CT molecular complexity index is 1770. The molecule has 6 atom stereocenters. The van der Waals surface area contributed by atoms with E-state index < -0.39 is 97.5 Å². The number of ether oxygens (including phenoxy) is 4. The van der Waals surface area contributed by atoms with Crippen molar-refractivity contribution in [2.75, 3.05) is 39.6 Å². The van der Waals surface area contributed by atoms with Gasteiger partial charge in [-0.15, -0.1) is 0 Å². The maximum atomic E-state index is 13.0. The molecule has 0 aromatic heterocycles. The smallest absolute Gasteiger partial charge is 0.462 e. The SMILES string of the molecule is CCCCCCCCCCCCCCCCCCCCCCCCC(=O)O[C@H](COC(=O)CCCCCCCCCC(C)C)COP(=O)(O)OC[C@@H](O)COP(=O)(O)OC[C@@H](COC(=O)CCCCCCCCCCC)OC(=O)CCCCCCCCC(C)CC. The van der Waals surface area contributed by atoms with Gasteiger partial charge in [-0.3, -0.25) is 37.3 Å². The summed E-state index contributed by atoms with van der Waals surface area (Å²) in [4.78, 5) is 72.5. The number of hydrogen-bond acceptors (Lipinski definition) is 15. The van der Waals surface area contributed by atoms with Crippen LogP contribution in [-0.2, 0) is 65.4 Å². The van der Waals surface area contributed by atoms with Gasteiger partial charge < -0.3 is 33.8 Å². The Balaban J connectivity index is 5.12. The molecule has 0 radical (unpaired) electrons. The van der Waals surface area contributed by atoms with Crippen LogP contribution in [0.25, 0.3) is 0 Å². The van der Waals surface area contributed by atoms with Crippen LogP contribution >= 0.6 is 15.6 Å². The minimum Gasteiger partial charge on any atom is -0.462 e. The minimum atomic E-state index is -4.95. The van der Waals surface area contributed by atoms with Crippen LogP contribution in [0.3, 0.4) is 0 Å². The maximum Gasteiger partial charge on any atom is 0.472 e. The second-order valence-electron chi connectivity index (χ2n) is 26.7. The molecule has 0 aromatic carbocycles. The van der Waals surface area contributed by atoms with E-state index in [1.54, 1.807) is 0 Å². The standard InChI is InChI=1S/C72H140O17P2/c1-7-10-12-14-16-18-19-20-21-22-23-24-25-26-27-28-29-30-32-36-44-50-56-71(76)88-67(60-83-70(75)55-49-43-37-33-34-40-46-52-64(4)5)62-86-90(78,79)84-58-66(73)59-85-91(80,81)87-63-68(61-82-69(74)54-48-42-35-31-17-15-13-11-8-2)89-72(77)57-51-45-39-38-41-47-53-65(6)9-3/h64-68,73H,7-63H2,1-6H3,(H,78,79)(H,80,81)/t65?,66-,67-,68-/m1/s1. The zero-order valence-corrected chi connectivity index (χ0v) is 60.9. The molecule has 0 fully saturated rings. The predicted molar refractivity (Wildman–Crippen MR) is 368 cm³/mol. The molecule has 0 aromatic rings. The third-order valence-electron chi connectivity index (χ3n) is 17.1. The maximum absolute atomic E-state index is 13.0. The lowest BCUT2D eigenvalue weighted by Crippen LogP contribution is -2.30. The van der Waals surface area contributed by atoms with Gasteiger partial charge in [0.05, 0.1) is 26.4 Å². The fraction of sp³-hybridized carbons (Fsp3) is 0.944. The number of carbonyl (C=O) groups excluding carboxylic acids is 4. The van der Waals surface area contributed by atoms with Gasteiger partial charge in [-0.25, -0.2) is 9.13 Å². The fourth-order valence-corrected chi connectivity index (χ4v) is 12.5. The summed E-state index contributed by atoms with van der Waals surface area (Å²) in [5, 5.41) is 10.6. The van der Waals surface area contributed by atoms with Crippen LogP contribution < -0.4 is 0 Å². The van der Waals surface area contributed by atoms with Gasteiger partial charge in [-0.2, -0.15) is 0 Å². The number of phosphoric ester groups is 2. The molecule has 0 aliphatic heterocycles. The van der Waals surface area contributed by atoms with Crippen molar-refractivity contribution < 1.29 is 80.2 Å². The molecule has 3 unspecified atom stereocenters. The van der Waals surface area contributed by atoms with Crippen molar-refractivity contribution in [1.29, 1.82) is 0 Å². The van der Waals surface area contributed by atoms with E-state index in [9.17, 15) is 43.2 Å². The minimum absolute atomic E-state index is 0.103. The van der Waals surface area contributed by atoms with Crippen LogP contribution in [0.15, 0.2) is 0 Å². The first-order valence-corrected chi connectivity index (χ1v) is 40.5. The predicted octanol–water partition coefficient (Wildman–Crippen LogP) is 20.8. The molecule has 540 valence electrons. The average molecular weight is 1340 g/mol. The van der Waals surface area contributed by atoms with Gasteiger partial charge in [-0.1, -0.05) is 318 Å². The van der Waals surface area contributed by atoms with E-state index in [1.807, 2.05) is 0 Å². The normalized spacial score (nSPS) is 14.4. The lowest BCUT2D eigenvalue weighted by molar-refractivity contribution is -0.161. The van der Waals surface area contributed by atoms with E-state index in [4.69, 9.17) is 37.0 Å². The Hall–Kier alpha value is -1.94. The van der Waals surface area contributed by atoms with Crippen molar-refractivity contribution in [3.63, 3.8) is 0 Å². The highest BCUT2D eigenvalue weighted by molar-refractivity contribution is 7.47. The van der Waals surface area contributed by atoms with Crippen LogP contribution in [-0.4, -0.2) is 96.7 Å². The Kier molecular flexibility index (Phi) is 62.7. The number of carbonyl (C=O) groups is 4. The van der Waals surface area contributed by atoms with Crippen molar-refractivity contribution in [3.8, 4) is 0 Å². The second kappa shape index (κ2) is 64.1. The molecule has 0 rings (SSSR count). The fourth-order valence-electron chi connectivity index (χ4n) is 10.9. The van der Waals surface area contributed by atoms with E-state index >= 15 is 0 Å². The first-order valence-electron chi connectivity index (χ1n) is 37.5. The molecular formula is C72H140O17P2. The molecule has 91 heavy (non-hydrogen) atoms. The van der Waals surface area contributed by atoms with Crippen molar-refractivity contribution in [3.05, 3.63) is 0 Å². The Morgan fingerprint density at radius 3 is 0.835 bits per heavy atom. The quantitative estimate of drug-likeness (QED) is 0.0222. The van der Waals surface area contributed by atoms with E-state index in [0.29, 0.717) is 31.6 Å². The van der Waals surface area contributed by atoms with Gasteiger partial charge in [0.25, 0.3) is 0 Å². The number of esters is 4. The van der Waals surface area contributed by atoms with Crippen molar-refractivity contribution in [2.45, 2.75) is 387 Å². The summed E-state index contributed by atoms with van der Waals surface area (Å²) in [6.45, 7) is 9.43. The van der Waals surface area contributed by atoms with Crippen LogP contribution in [0.5, 0.6) is 0 Å². The number of unbranched alkanes of at least 4 members (excludes halogenated alkanes) is 40. The van der Waals surface area contributed by atoms with E-state index in [0.717, 1.165) is 102 Å². The molecule has 3 N–H and O–H groups in total. The van der Waals surface area contributed by atoms with Crippen LogP contribution in [0, 0.1) is 11.8 Å². The van der Waals surface area contributed by atoms with Crippen molar-refractivity contribution >= 4 is 39.5 Å². The lowest BCUT2D eigenvalue weighted by atomic mass is 10.00. The summed E-state index contributed by atoms with van der Waals surface area (Å²) in [5.41, 5.74) is 0. The van der Waals surface area contributed by atoms with Crippen molar-refractivity contribution in [1.82, 2.24) is 0 Å². The average Bonchev–Trinajstić information content (AvgIpc) is 3.67. The van der Waals surface area contributed by atoms with Gasteiger partial charge in [-0.05, 0) is 37.5 Å². The zero-order valence-electron chi connectivity index (χ0n) is 59.1. The van der Waals surface area contributed by atoms with E-state index in [1.165, 1.54) is 180 Å². The molecule has 19 heteroatoms. The third kappa shape index (κ3) is 65.1. The highest BCUT2D eigenvalue weighted by Crippen LogP contribution is 2.45. The molecule has 0 spiro atoms. The molecule has 17 nitrogen and oxygen atoms in total. The lowest BCUT2D eigenvalue weighted by Gasteiger charge is -2.21. The Labute approximate surface area is 556 Å². The summed E-state index contributed by atoms with van der Waals surface area (Å²) in [7, 11) is -9.90. The Morgan fingerprint density at radius 1 is 0.319 bits per heavy atom. The van der Waals surface area contributed by atoms with Crippen LogP contribution in [0.1, 0.15) is 369 Å². The van der Waals surface area contributed by atoms with Crippen LogP contribution in [0.2, 0.25) is 0 Å². The molecule has 0 saturated carbocycles. The molecule has 0 heterocycles. The Morgan fingerprint density at radius 2 is 0.560 bits per heavy atom. The van der Waals surface area contributed by atoms with Gasteiger partial charge in [0, 0.05) is 25.7 Å². The monoisotopic (exact) mass is 1340 g/mol. The topological polar surface area (TPSA) is 237 Å². The van der Waals surface area contributed by atoms with Crippen molar-refractivity contribution in [2.24, 2.45) is 11.8 Å². The number of rotatable bonds is 71. The second-order valence-corrected chi connectivity index (χ2v) is 29.6. The molecular weight excluding hydrogens is 1200 g/mol. The summed E-state index contributed by atoms with van der Waals surface area (Å²) in [6, 6.07) is 0. The molecule has 0 aliphatic rings. The first kappa shape index (κ1) is 89.1. The van der Waals surface area contributed by atoms with Gasteiger partial charge >= 0.3 is 39.5 Å². The highest BCUT2D eigenvalue weighted by atomic mass is 31.2. The summed E-state index contributed by atoms with van der Waals surface area (Å²) in [5.74, 6) is -0.704. The first-order chi connectivity index (χ1) is 43.9. The van der Waals surface area contributed by atoms with Gasteiger partial charge in [0.15, 0.2) is 12.2 Å². The summed E-state index contributed by atoms with van der Waals surface area (Å²) in [6.07, 6.45) is 50.4. The number of phosphoric acid groups is 2. The van der Waals surface area contributed by atoms with Crippen LogP contribution in [0.4, 0.5) is 0 Å². The summed E-state index contributed by atoms with van der Waals surface area (Å²) < 4.78 is 68.2. The van der Waals surface area contributed by atoms with E-state index in [-0.39, 0.29) is 25.7 Å². The number of aliphatic hydroxyl groups is 1.